The van der Waals surface area contributed by atoms with Gasteiger partial charge in [-0.15, -0.1) is 0 Å². The first-order valence-electron chi connectivity index (χ1n) is 4.70. The maximum absolute atomic E-state index is 12.3. The number of likely N-dealkylation sites (tertiary alicyclic amines) is 1. The lowest BCUT2D eigenvalue weighted by Gasteiger charge is -2.24. The van der Waals surface area contributed by atoms with Crippen LogP contribution in [0.15, 0.2) is 0 Å². The highest BCUT2D eigenvalue weighted by atomic mass is 19.4. The predicted octanol–water partition coefficient (Wildman–Crippen LogP) is -0.839. The zero-order valence-electron chi connectivity index (χ0n) is 8.11. The fourth-order valence-electron chi connectivity index (χ4n) is 1.62. The van der Waals surface area contributed by atoms with Gasteiger partial charge in [-0.1, -0.05) is 0 Å². The second-order valence-corrected chi connectivity index (χ2v) is 3.83. The van der Waals surface area contributed by atoms with E-state index in [-0.39, 0.29) is 19.6 Å². The Labute approximate surface area is 85.5 Å². The van der Waals surface area contributed by atoms with Crippen molar-refractivity contribution in [1.29, 1.82) is 0 Å². The number of nitrogens with zero attached hydrogens (tertiary/aromatic N) is 1. The molecule has 0 aliphatic carbocycles. The van der Waals surface area contributed by atoms with E-state index in [1.165, 1.54) is 4.90 Å². The van der Waals surface area contributed by atoms with Gasteiger partial charge in [0.25, 0.3) is 0 Å². The SMILES string of the molecule is NCC(CN1CC(O)C(O)C1)C(F)(F)F. The molecule has 4 nitrogen and oxygen atoms in total. The molecule has 0 aromatic heterocycles. The molecule has 1 fully saturated rings. The van der Waals surface area contributed by atoms with Crippen LogP contribution in [0.3, 0.4) is 0 Å². The maximum Gasteiger partial charge on any atom is 0.394 e. The molecule has 1 heterocycles. The van der Waals surface area contributed by atoms with Crippen LogP contribution in [0.2, 0.25) is 0 Å². The first kappa shape index (κ1) is 12.7. The standard InChI is InChI=1S/C8H15F3N2O2/c9-8(10,11)5(1-12)2-13-3-6(14)7(15)4-13/h5-7,14-15H,1-4,12H2. The van der Waals surface area contributed by atoms with Crippen LogP contribution in [0.4, 0.5) is 13.2 Å². The third kappa shape index (κ3) is 3.30. The Kier molecular flexibility index (Phi) is 3.93. The molecule has 4 N–H and O–H groups in total. The molecular formula is C8H15F3N2O2. The average molecular weight is 228 g/mol. The fourth-order valence-corrected chi connectivity index (χ4v) is 1.62. The summed E-state index contributed by atoms with van der Waals surface area (Å²) in [6.45, 7) is -0.623. The monoisotopic (exact) mass is 228 g/mol. The summed E-state index contributed by atoms with van der Waals surface area (Å²) in [7, 11) is 0. The summed E-state index contributed by atoms with van der Waals surface area (Å²) in [5.41, 5.74) is 5.03. The van der Waals surface area contributed by atoms with Crippen molar-refractivity contribution in [2.75, 3.05) is 26.2 Å². The number of alkyl halides is 3. The van der Waals surface area contributed by atoms with E-state index >= 15 is 0 Å². The Balaban J connectivity index is 2.47. The number of nitrogens with two attached hydrogens (primary N) is 1. The molecule has 0 spiro atoms. The van der Waals surface area contributed by atoms with Crippen LogP contribution in [0, 0.1) is 5.92 Å². The minimum absolute atomic E-state index is 0.0632. The molecule has 0 amide bonds. The van der Waals surface area contributed by atoms with Crippen molar-refractivity contribution in [3.8, 4) is 0 Å². The first-order valence-corrected chi connectivity index (χ1v) is 4.70. The van der Waals surface area contributed by atoms with Crippen molar-refractivity contribution >= 4 is 0 Å². The number of rotatable bonds is 3. The van der Waals surface area contributed by atoms with Crippen molar-refractivity contribution in [1.82, 2.24) is 4.90 Å². The Morgan fingerprint density at radius 3 is 2.07 bits per heavy atom. The van der Waals surface area contributed by atoms with E-state index in [1.807, 2.05) is 0 Å². The van der Waals surface area contributed by atoms with Gasteiger partial charge in [-0.25, -0.2) is 0 Å². The van der Waals surface area contributed by atoms with Crippen LogP contribution in [-0.2, 0) is 0 Å². The van der Waals surface area contributed by atoms with Gasteiger partial charge >= 0.3 is 6.18 Å². The van der Waals surface area contributed by atoms with Gasteiger partial charge in [-0.3, -0.25) is 4.90 Å². The van der Waals surface area contributed by atoms with E-state index in [1.54, 1.807) is 0 Å². The lowest BCUT2D eigenvalue weighted by atomic mass is 10.1. The van der Waals surface area contributed by atoms with Crippen LogP contribution in [0.5, 0.6) is 0 Å². The molecule has 90 valence electrons. The number of β-amino-alcohol motifs (C(OH)–C–C–N with tert-alkyl or cyclic N) is 2. The van der Waals surface area contributed by atoms with Crippen molar-refractivity contribution < 1.29 is 23.4 Å². The smallest absolute Gasteiger partial charge is 0.389 e. The summed E-state index contributed by atoms with van der Waals surface area (Å²) < 4.78 is 37.0. The minimum Gasteiger partial charge on any atom is -0.389 e. The molecule has 0 aromatic carbocycles. The van der Waals surface area contributed by atoms with Gasteiger partial charge < -0.3 is 15.9 Å². The molecule has 1 rings (SSSR count). The van der Waals surface area contributed by atoms with Gasteiger partial charge in [0.2, 0.25) is 0 Å². The highest BCUT2D eigenvalue weighted by Gasteiger charge is 2.41. The molecule has 1 aliphatic rings. The van der Waals surface area contributed by atoms with E-state index in [4.69, 9.17) is 15.9 Å². The maximum atomic E-state index is 12.3. The summed E-state index contributed by atoms with van der Waals surface area (Å²) in [5.74, 6) is -1.60. The number of hydrogen-bond donors (Lipinski definition) is 3. The van der Waals surface area contributed by atoms with Gasteiger partial charge in [0.1, 0.15) is 0 Å². The van der Waals surface area contributed by atoms with Crippen LogP contribution in [0.25, 0.3) is 0 Å². The summed E-state index contributed by atoms with van der Waals surface area (Å²) in [6.07, 6.45) is -6.25. The highest BCUT2D eigenvalue weighted by Crippen LogP contribution is 2.27. The molecule has 0 saturated carbocycles. The van der Waals surface area contributed by atoms with Crippen LogP contribution in [-0.4, -0.2) is 59.7 Å². The minimum atomic E-state index is -4.33. The fraction of sp³-hybridized carbons (Fsp3) is 1.00. The summed E-state index contributed by atoms with van der Waals surface area (Å²) >= 11 is 0. The zero-order chi connectivity index (χ0) is 11.6. The highest BCUT2D eigenvalue weighted by molar-refractivity contribution is 4.85. The lowest BCUT2D eigenvalue weighted by Crippen LogP contribution is -2.40. The number of aliphatic hydroxyl groups is 2. The Bertz CT molecular complexity index is 203. The predicted molar refractivity (Wildman–Crippen MR) is 47.1 cm³/mol. The van der Waals surface area contributed by atoms with Crippen LogP contribution < -0.4 is 5.73 Å². The van der Waals surface area contributed by atoms with Crippen molar-refractivity contribution in [3.63, 3.8) is 0 Å². The van der Waals surface area contributed by atoms with Crippen LogP contribution in [0.1, 0.15) is 0 Å². The van der Waals surface area contributed by atoms with E-state index in [0.29, 0.717) is 0 Å². The average Bonchev–Trinajstić information content (AvgIpc) is 2.40. The Hall–Kier alpha value is -0.370. The van der Waals surface area contributed by atoms with Gasteiger partial charge in [0.15, 0.2) is 0 Å². The molecular weight excluding hydrogens is 213 g/mol. The summed E-state index contributed by atoms with van der Waals surface area (Å²) in [4.78, 5) is 1.38. The molecule has 0 bridgehead atoms. The molecule has 0 radical (unpaired) electrons. The Morgan fingerprint density at radius 2 is 1.73 bits per heavy atom. The number of aliphatic hydroxyl groups excluding tert-OH is 2. The largest absolute Gasteiger partial charge is 0.394 e. The lowest BCUT2D eigenvalue weighted by molar-refractivity contribution is -0.175. The van der Waals surface area contributed by atoms with Crippen molar-refractivity contribution in [2.24, 2.45) is 11.7 Å². The molecule has 15 heavy (non-hydrogen) atoms. The second kappa shape index (κ2) is 4.65. The van der Waals surface area contributed by atoms with E-state index in [9.17, 15) is 13.2 Å². The second-order valence-electron chi connectivity index (χ2n) is 3.83. The molecule has 3 unspecified atom stereocenters. The normalized spacial score (nSPS) is 30.8. The van der Waals surface area contributed by atoms with Crippen molar-refractivity contribution in [3.05, 3.63) is 0 Å². The number of hydrogen-bond acceptors (Lipinski definition) is 4. The van der Waals surface area contributed by atoms with Gasteiger partial charge in [0.05, 0.1) is 18.1 Å². The van der Waals surface area contributed by atoms with Gasteiger partial charge in [-0.2, -0.15) is 13.2 Å². The van der Waals surface area contributed by atoms with Crippen LogP contribution >= 0.6 is 0 Å². The topological polar surface area (TPSA) is 69.7 Å². The van der Waals surface area contributed by atoms with Gasteiger partial charge in [-0.05, 0) is 0 Å². The summed E-state index contributed by atoms with van der Waals surface area (Å²) in [5, 5.41) is 18.3. The van der Waals surface area contributed by atoms with E-state index in [0.717, 1.165) is 0 Å². The van der Waals surface area contributed by atoms with E-state index in [2.05, 4.69) is 0 Å². The molecule has 0 aromatic rings. The molecule has 3 atom stereocenters. The molecule has 1 aliphatic heterocycles. The Morgan fingerprint density at radius 1 is 1.27 bits per heavy atom. The van der Waals surface area contributed by atoms with Gasteiger partial charge in [0, 0.05) is 26.2 Å². The van der Waals surface area contributed by atoms with Crippen molar-refractivity contribution in [2.45, 2.75) is 18.4 Å². The molecule has 1 saturated heterocycles. The third-order valence-corrected chi connectivity index (χ3v) is 2.56. The first-order chi connectivity index (χ1) is 6.84. The number of halogens is 3. The van der Waals surface area contributed by atoms with E-state index < -0.39 is 30.8 Å². The zero-order valence-corrected chi connectivity index (χ0v) is 8.11. The third-order valence-electron chi connectivity index (χ3n) is 2.56. The quantitative estimate of drug-likeness (QED) is 0.589. The molecule has 7 heteroatoms. The summed E-state index contributed by atoms with van der Waals surface area (Å²) in [6, 6.07) is 0.